The average molecular weight is 344 g/mol. The van der Waals surface area contributed by atoms with Gasteiger partial charge >= 0.3 is 0 Å². The molecule has 0 fully saturated rings. The molecule has 0 amide bonds. The van der Waals surface area contributed by atoms with Crippen molar-refractivity contribution in [1.29, 1.82) is 0 Å². The van der Waals surface area contributed by atoms with E-state index in [-0.39, 0.29) is 11.9 Å². The molecule has 3 rings (SSSR count). The number of hydrogen-bond donors (Lipinski definition) is 2. The molecule has 0 bridgehead atoms. The van der Waals surface area contributed by atoms with Crippen molar-refractivity contribution in [3.8, 4) is 0 Å². The molecule has 6 nitrogen and oxygen atoms in total. The number of aryl methyl sites for hydroxylation is 2. The first-order chi connectivity index (χ1) is 12.1. The van der Waals surface area contributed by atoms with Gasteiger partial charge in [0.05, 0.1) is 6.04 Å². The maximum absolute atomic E-state index is 13.8. The Bertz CT molecular complexity index is 767. The zero-order valence-corrected chi connectivity index (χ0v) is 15.0. The lowest BCUT2D eigenvalue weighted by molar-refractivity contribution is 0.607. The molecule has 1 aromatic heterocycles. The predicted molar refractivity (Wildman–Crippen MR) is 95.8 cm³/mol. The van der Waals surface area contributed by atoms with E-state index in [1.54, 1.807) is 19.1 Å². The fraction of sp³-hybridized carbons (Fsp3) is 0.500. The van der Waals surface area contributed by atoms with E-state index in [1.807, 2.05) is 19.9 Å². The highest BCUT2D eigenvalue weighted by Gasteiger charge is 2.17. The highest BCUT2D eigenvalue weighted by molar-refractivity contribution is 5.80. The summed E-state index contributed by atoms with van der Waals surface area (Å²) in [6.45, 7) is 7.96. The average Bonchev–Trinajstić information content (AvgIpc) is 3.19. The van der Waals surface area contributed by atoms with Crippen LogP contribution in [0.5, 0.6) is 0 Å². The Morgan fingerprint density at radius 2 is 2.24 bits per heavy atom. The predicted octanol–water partition coefficient (Wildman–Crippen LogP) is 2.49. The fourth-order valence-corrected chi connectivity index (χ4v) is 2.96. The SMILES string of the molecule is CCNC(=NCc1nnc2n1CCC2)NC(C)c1ccc(C)c(F)c1. The highest BCUT2D eigenvalue weighted by Crippen LogP contribution is 2.17. The van der Waals surface area contributed by atoms with E-state index in [2.05, 4.69) is 30.4 Å². The van der Waals surface area contributed by atoms with Crippen molar-refractivity contribution in [3.63, 3.8) is 0 Å². The standard InChI is InChI=1S/C18H25FN6/c1-4-20-18(21-11-17-24-23-16-6-5-9-25(16)17)22-13(3)14-8-7-12(2)15(19)10-14/h7-8,10,13H,4-6,9,11H2,1-3H3,(H2,20,21,22). The Balaban J connectivity index is 1.70. The van der Waals surface area contributed by atoms with E-state index in [0.29, 0.717) is 18.1 Å². The van der Waals surface area contributed by atoms with Crippen LogP contribution in [0.1, 0.15) is 49.1 Å². The number of halogens is 1. The van der Waals surface area contributed by atoms with Crippen LogP contribution >= 0.6 is 0 Å². The Morgan fingerprint density at radius 3 is 3.00 bits per heavy atom. The number of aromatic nitrogens is 3. The normalized spacial score (nSPS) is 15.1. The first-order valence-electron chi connectivity index (χ1n) is 8.80. The van der Waals surface area contributed by atoms with Crippen molar-refractivity contribution >= 4 is 5.96 Å². The maximum atomic E-state index is 13.8. The topological polar surface area (TPSA) is 67.1 Å². The first kappa shape index (κ1) is 17.4. The van der Waals surface area contributed by atoms with Crippen LogP contribution in [0.3, 0.4) is 0 Å². The van der Waals surface area contributed by atoms with Gasteiger partial charge in [0, 0.05) is 19.5 Å². The number of hydrogen-bond acceptors (Lipinski definition) is 3. The highest BCUT2D eigenvalue weighted by atomic mass is 19.1. The third kappa shape index (κ3) is 3.97. The van der Waals surface area contributed by atoms with Crippen molar-refractivity contribution in [2.24, 2.45) is 4.99 Å². The molecule has 1 unspecified atom stereocenters. The summed E-state index contributed by atoms with van der Waals surface area (Å²) in [6.07, 6.45) is 2.11. The van der Waals surface area contributed by atoms with Crippen LogP contribution in [-0.4, -0.2) is 27.3 Å². The Hall–Kier alpha value is -2.44. The number of nitrogens with one attached hydrogen (secondary N) is 2. The zero-order chi connectivity index (χ0) is 17.8. The summed E-state index contributed by atoms with van der Waals surface area (Å²) in [7, 11) is 0. The lowest BCUT2D eigenvalue weighted by Gasteiger charge is -2.18. The molecule has 1 aliphatic rings. The minimum absolute atomic E-state index is 0.0583. The van der Waals surface area contributed by atoms with Crippen molar-refractivity contribution in [3.05, 3.63) is 46.8 Å². The van der Waals surface area contributed by atoms with E-state index < -0.39 is 0 Å². The summed E-state index contributed by atoms with van der Waals surface area (Å²) < 4.78 is 15.9. The molecule has 7 heteroatoms. The molecule has 2 N–H and O–H groups in total. The number of aliphatic imine (C=N–C) groups is 1. The number of fused-ring (bicyclic) bond motifs is 1. The number of rotatable bonds is 5. The molecular formula is C18H25FN6. The number of benzene rings is 1. The van der Waals surface area contributed by atoms with E-state index in [4.69, 9.17) is 0 Å². The number of guanidine groups is 1. The number of nitrogens with zero attached hydrogens (tertiary/aromatic N) is 4. The molecule has 0 aliphatic carbocycles. The van der Waals surface area contributed by atoms with Gasteiger partial charge in [0.25, 0.3) is 0 Å². The van der Waals surface area contributed by atoms with Crippen LogP contribution in [0.2, 0.25) is 0 Å². The summed E-state index contributed by atoms with van der Waals surface area (Å²) in [6, 6.07) is 5.25. The Labute approximate surface area is 147 Å². The van der Waals surface area contributed by atoms with E-state index in [0.717, 1.165) is 43.1 Å². The van der Waals surface area contributed by atoms with Crippen LogP contribution in [0.25, 0.3) is 0 Å². The molecule has 0 radical (unpaired) electrons. The molecule has 2 aromatic rings. The van der Waals surface area contributed by atoms with Gasteiger partial charge in [-0.2, -0.15) is 0 Å². The van der Waals surface area contributed by atoms with Crippen LogP contribution in [0.15, 0.2) is 23.2 Å². The van der Waals surface area contributed by atoms with Gasteiger partial charge in [-0.15, -0.1) is 10.2 Å². The van der Waals surface area contributed by atoms with Gasteiger partial charge in [-0.05, 0) is 44.4 Å². The van der Waals surface area contributed by atoms with Gasteiger partial charge in [-0.3, -0.25) is 0 Å². The second-order valence-corrected chi connectivity index (χ2v) is 6.36. The monoisotopic (exact) mass is 344 g/mol. The van der Waals surface area contributed by atoms with Crippen LogP contribution < -0.4 is 10.6 Å². The zero-order valence-electron chi connectivity index (χ0n) is 15.0. The van der Waals surface area contributed by atoms with Crippen LogP contribution in [-0.2, 0) is 19.5 Å². The summed E-state index contributed by atoms with van der Waals surface area (Å²) in [5.41, 5.74) is 1.54. The fourth-order valence-electron chi connectivity index (χ4n) is 2.96. The van der Waals surface area contributed by atoms with Gasteiger partial charge in [-0.25, -0.2) is 9.38 Å². The lowest BCUT2D eigenvalue weighted by Crippen LogP contribution is -2.38. The van der Waals surface area contributed by atoms with Crippen molar-refractivity contribution < 1.29 is 4.39 Å². The molecule has 2 heterocycles. The third-order valence-corrected chi connectivity index (χ3v) is 4.46. The summed E-state index contributed by atoms with van der Waals surface area (Å²) >= 11 is 0. The van der Waals surface area contributed by atoms with Gasteiger partial charge < -0.3 is 15.2 Å². The maximum Gasteiger partial charge on any atom is 0.192 e. The Kier molecular flexibility index (Phi) is 5.31. The molecule has 1 atom stereocenters. The summed E-state index contributed by atoms with van der Waals surface area (Å²) in [5, 5.41) is 15.0. The van der Waals surface area contributed by atoms with Gasteiger partial charge in [0.2, 0.25) is 0 Å². The second kappa shape index (κ2) is 7.63. The molecule has 25 heavy (non-hydrogen) atoms. The third-order valence-electron chi connectivity index (χ3n) is 4.46. The smallest absolute Gasteiger partial charge is 0.192 e. The Morgan fingerprint density at radius 1 is 1.40 bits per heavy atom. The van der Waals surface area contributed by atoms with Crippen molar-refractivity contribution in [2.45, 2.75) is 52.7 Å². The minimum Gasteiger partial charge on any atom is -0.357 e. The van der Waals surface area contributed by atoms with Crippen LogP contribution in [0, 0.1) is 12.7 Å². The van der Waals surface area contributed by atoms with E-state index in [9.17, 15) is 4.39 Å². The van der Waals surface area contributed by atoms with Gasteiger partial charge in [0.1, 0.15) is 18.2 Å². The molecule has 1 aliphatic heterocycles. The second-order valence-electron chi connectivity index (χ2n) is 6.36. The van der Waals surface area contributed by atoms with E-state index >= 15 is 0 Å². The summed E-state index contributed by atoms with van der Waals surface area (Å²) in [5.74, 6) is 2.43. The van der Waals surface area contributed by atoms with E-state index in [1.165, 1.54) is 0 Å². The molecule has 1 aromatic carbocycles. The molecule has 0 spiro atoms. The largest absolute Gasteiger partial charge is 0.357 e. The molecule has 0 saturated heterocycles. The van der Waals surface area contributed by atoms with Gasteiger partial charge in [0.15, 0.2) is 11.8 Å². The summed E-state index contributed by atoms with van der Waals surface area (Å²) in [4.78, 5) is 4.62. The van der Waals surface area contributed by atoms with Crippen LogP contribution in [0.4, 0.5) is 4.39 Å². The molecule has 134 valence electrons. The van der Waals surface area contributed by atoms with Crippen molar-refractivity contribution in [1.82, 2.24) is 25.4 Å². The quantitative estimate of drug-likeness (QED) is 0.646. The molecular weight excluding hydrogens is 319 g/mol. The van der Waals surface area contributed by atoms with Gasteiger partial charge in [-0.1, -0.05) is 12.1 Å². The minimum atomic E-state index is -0.188. The first-order valence-corrected chi connectivity index (χ1v) is 8.80. The lowest BCUT2D eigenvalue weighted by atomic mass is 10.1. The molecule has 0 saturated carbocycles. The van der Waals surface area contributed by atoms with Crippen molar-refractivity contribution in [2.75, 3.05) is 6.54 Å².